The summed E-state index contributed by atoms with van der Waals surface area (Å²) in [6.07, 6.45) is 3.18. The summed E-state index contributed by atoms with van der Waals surface area (Å²) in [6, 6.07) is 0.860. The van der Waals surface area contributed by atoms with E-state index in [-0.39, 0.29) is 12.1 Å². The lowest BCUT2D eigenvalue weighted by molar-refractivity contribution is -0.0548. The molecular formula is C14H22N4O3. The van der Waals surface area contributed by atoms with Gasteiger partial charge in [-0.05, 0) is 19.4 Å². The van der Waals surface area contributed by atoms with E-state index < -0.39 is 0 Å². The molecule has 1 aromatic rings. The lowest BCUT2D eigenvalue weighted by Crippen LogP contribution is -2.43. The molecular weight excluding hydrogens is 272 g/mol. The molecule has 7 heteroatoms. The molecule has 0 radical (unpaired) electrons. The highest BCUT2D eigenvalue weighted by atomic mass is 16.5. The van der Waals surface area contributed by atoms with Crippen molar-refractivity contribution in [2.24, 2.45) is 0 Å². The molecule has 3 unspecified atom stereocenters. The number of hydrogen-bond acceptors (Lipinski definition) is 7. The Morgan fingerprint density at radius 2 is 2.33 bits per heavy atom. The highest BCUT2D eigenvalue weighted by molar-refractivity contribution is 4.98. The highest BCUT2D eigenvalue weighted by Gasteiger charge is 2.35. The normalized spacial score (nSPS) is 34.0. The average molecular weight is 294 g/mol. The van der Waals surface area contributed by atoms with Gasteiger partial charge in [-0.25, -0.2) is 0 Å². The molecule has 0 spiro atoms. The molecule has 3 saturated heterocycles. The van der Waals surface area contributed by atoms with Crippen LogP contribution < -0.4 is 5.32 Å². The molecule has 0 saturated carbocycles. The molecule has 3 atom stereocenters. The fraction of sp³-hybridized carbons (Fsp3) is 0.857. The Labute approximate surface area is 124 Å². The van der Waals surface area contributed by atoms with Crippen LogP contribution in [0.25, 0.3) is 0 Å². The Kier molecular flexibility index (Phi) is 3.89. The van der Waals surface area contributed by atoms with Crippen LogP contribution in [0, 0.1) is 0 Å². The number of fused-ring (bicyclic) bond motifs is 1. The van der Waals surface area contributed by atoms with Gasteiger partial charge in [0, 0.05) is 31.6 Å². The second-order valence-electron chi connectivity index (χ2n) is 6.09. The van der Waals surface area contributed by atoms with Gasteiger partial charge in [0.05, 0.1) is 19.8 Å². The average Bonchev–Trinajstić information content (AvgIpc) is 3.16. The first-order chi connectivity index (χ1) is 10.4. The fourth-order valence-corrected chi connectivity index (χ4v) is 3.42. The standard InChI is InChI=1S/C14H22N4O3/c1-2-11-9-20-12(7-18(11)4-1)14-16-13(21-17-14)6-10-8-19-5-3-15-10/h10-12,15H,1-9H2. The third kappa shape index (κ3) is 2.96. The van der Waals surface area contributed by atoms with Crippen LogP contribution in [0.2, 0.25) is 0 Å². The molecule has 7 nitrogen and oxygen atoms in total. The smallest absolute Gasteiger partial charge is 0.228 e. The number of rotatable bonds is 3. The van der Waals surface area contributed by atoms with Gasteiger partial charge >= 0.3 is 0 Å². The molecule has 0 aromatic carbocycles. The van der Waals surface area contributed by atoms with Gasteiger partial charge in [-0.1, -0.05) is 5.16 Å². The van der Waals surface area contributed by atoms with Gasteiger partial charge in [0.2, 0.25) is 11.7 Å². The van der Waals surface area contributed by atoms with Crippen LogP contribution >= 0.6 is 0 Å². The third-order valence-corrected chi connectivity index (χ3v) is 4.58. The number of ether oxygens (including phenoxy) is 2. The molecule has 0 bridgehead atoms. The van der Waals surface area contributed by atoms with E-state index in [2.05, 4.69) is 20.4 Å². The van der Waals surface area contributed by atoms with E-state index in [9.17, 15) is 0 Å². The van der Waals surface area contributed by atoms with Crippen molar-refractivity contribution in [3.8, 4) is 0 Å². The zero-order valence-electron chi connectivity index (χ0n) is 12.2. The van der Waals surface area contributed by atoms with Crippen LogP contribution in [0.3, 0.4) is 0 Å². The molecule has 0 aliphatic carbocycles. The van der Waals surface area contributed by atoms with Crippen molar-refractivity contribution in [2.75, 3.05) is 39.5 Å². The molecule has 21 heavy (non-hydrogen) atoms. The topological polar surface area (TPSA) is 72.7 Å². The summed E-state index contributed by atoms with van der Waals surface area (Å²) in [5.41, 5.74) is 0. The molecule has 116 valence electrons. The zero-order valence-corrected chi connectivity index (χ0v) is 12.2. The molecule has 0 amide bonds. The van der Waals surface area contributed by atoms with Gasteiger partial charge in [0.25, 0.3) is 0 Å². The highest BCUT2D eigenvalue weighted by Crippen LogP contribution is 2.28. The molecule has 1 aromatic heterocycles. The number of aromatic nitrogens is 2. The summed E-state index contributed by atoms with van der Waals surface area (Å²) in [6.45, 7) is 5.19. The van der Waals surface area contributed by atoms with Gasteiger partial charge in [0.1, 0.15) is 6.10 Å². The van der Waals surface area contributed by atoms with Gasteiger partial charge in [0.15, 0.2) is 0 Å². The van der Waals surface area contributed by atoms with Crippen molar-refractivity contribution in [2.45, 2.75) is 37.5 Å². The van der Waals surface area contributed by atoms with Crippen molar-refractivity contribution < 1.29 is 14.0 Å². The minimum absolute atomic E-state index is 0.0487. The Hall–Kier alpha value is -1.02. The predicted molar refractivity (Wildman–Crippen MR) is 73.9 cm³/mol. The second kappa shape index (κ2) is 6.00. The maximum Gasteiger partial charge on any atom is 0.228 e. The van der Waals surface area contributed by atoms with Crippen LogP contribution in [-0.2, 0) is 15.9 Å². The summed E-state index contributed by atoms with van der Waals surface area (Å²) in [4.78, 5) is 7.00. The van der Waals surface area contributed by atoms with Crippen molar-refractivity contribution in [1.82, 2.24) is 20.4 Å². The van der Waals surface area contributed by atoms with E-state index in [1.54, 1.807) is 0 Å². The Morgan fingerprint density at radius 3 is 3.24 bits per heavy atom. The first-order valence-electron chi connectivity index (χ1n) is 7.88. The van der Waals surface area contributed by atoms with E-state index >= 15 is 0 Å². The monoisotopic (exact) mass is 294 g/mol. The third-order valence-electron chi connectivity index (χ3n) is 4.58. The molecule has 1 N–H and O–H groups in total. The minimum Gasteiger partial charge on any atom is -0.378 e. The maximum atomic E-state index is 5.91. The van der Waals surface area contributed by atoms with E-state index in [0.717, 1.165) is 26.3 Å². The van der Waals surface area contributed by atoms with Crippen molar-refractivity contribution in [3.63, 3.8) is 0 Å². The van der Waals surface area contributed by atoms with E-state index in [1.807, 2.05) is 0 Å². The zero-order chi connectivity index (χ0) is 14.1. The van der Waals surface area contributed by atoms with Crippen molar-refractivity contribution in [1.29, 1.82) is 0 Å². The van der Waals surface area contributed by atoms with Gasteiger partial charge < -0.3 is 19.3 Å². The van der Waals surface area contributed by atoms with E-state index in [1.165, 1.54) is 19.4 Å². The molecule has 3 aliphatic rings. The second-order valence-corrected chi connectivity index (χ2v) is 6.09. The van der Waals surface area contributed by atoms with Crippen LogP contribution in [0.4, 0.5) is 0 Å². The van der Waals surface area contributed by atoms with Crippen LogP contribution in [0.1, 0.15) is 30.7 Å². The lowest BCUT2D eigenvalue weighted by atomic mass is 10.2. The Morgan fingerprint density at radius 1 is 1.33 bits per heavy atom. The minimum atomic E-state index is -0.0487. The summed E-state index contributed by atoms with van der Waals surface area (Å²) >= 11 is 0. The first-order valence-corrected chi connectivity index (χ1v) is 7.88. The number of morpholine rings is 2. The van der Waals surface area contributed by atoms with Crippen molar-refractivity contribution >= 4 is 0 Å². The summed E-state index contributed by atoms with van der Waals surface area (Å²) < 4.78 is 16.7. The van der Waals surface area contributed by atoms with E-state index in [0.29, 0.717) is 30.8 Å². The Balaban J connectivity index is 1.37. The lowest BCUT2D eigenvalue weighted by Gasteiger charge is -2.33. The molecule has 3 fully saturated rings. The van der Waals surface area contributed by atoms with Crippen LogP contribution in [0.5, 0.6) is 0 Å². The summed E-state index contributed by atoms with van der Waals surface area (Å²) in [7, 11) is 0. The molecule has 4 rings (SSSR count). The van der Waals surface area contributed by atoms with Gasteiger partial charge in [-0.3, -0.25) is 4.90 Å². The quantitative estimate of drug-likeness (QED) is 0.850. The van der Waals surface area contributed by atoms with Crippen LogP contribution in [0.15, 0.2) is 4.52 Å². The molecule has 4 heterocycles. The Bertz CT molecular complexity index is 475. The summed E-state index contributed by atoms with van der Waals surface area (Å²) in [5.74, 6) is 1.35. The number of nitrogens with one attached hydrogen (secondary N) is 1. The predicted octanol–water partition coefficient (Wildman–Crippen LogP) is 0.136. The number of nitrogens with zero attached hydrogens (tertiary/aromatic N) is 3. The maximum absolute atomic E-state index is 5.91. The van der Waals surface area contributed by atoms with Gasteiger partial charge in [-0.2, -0.15) is 4.98 Å². The molecule has 3 aliphatic heterocycles. The number of hydrogen-bond donors (Lipinski definition) is 1. The first kappa shape index (κ1) is 13.6. The van der Waals surface area contributed by atoms with E-state index in [4.69, 9.17) is 14.0 Å². The fourth-order valence-electron chi connectivity index (χ4n) is 3.42. The largest absolute Gasteiger partial charge is 0.378 e. The van der Waals surface area contributed by atoms with Crippen molar-refractivity contribution in [3.05, 3.63) is 11.7 Å². The SMILES string of the molecule is C1CC2COC(c3noc(CC4COCCN4)n3)CN2C1. The summed E-state index contributed by atoms with van der Waals surface area (Å²) in [5, 5.41) is 7.51. The van der Waals surface area contributed by atoms with Gasteiger partial charge in [-0.15, -0.1) is 0 Å². The van der Waals surface area contributed by atoms with Crippen LogP contribution in [-0.4, -0.2) is 66.6 Å².